The van der Waals surface area contributed by atoms with Crippen LogP contribution in [-0.4, -0.2) is 15.9 Å². The van der Waals surface area contributed by atoms with Crippen LogP contribution < -0.4 is 5.32 Å². The van der Waals surface area contributed by atoms with Crippen molar-refractivity contribution in [1.29, 1.82) is 0 Å². The highest BCUT2D eigenvalue weighted by molar-refractivity contribution is 6.30. The maximum absolute atomic E-state index is 13.0. The Morgan fingerprint density at radius 1 is 0.929 bits per heavy atom. The van der Waals surface area contributed by atoms with Crippen LogP contribution in [0.3, 0.4) is 0 Å². The molecular formula is C22H21Cl2N3O. The molecule has 0 fully saturated rings. The normalized spacial score (nSPS) is 12.1. The second-order valence-electron chi connectivity index (χ2n) is 6.99. The number of hydrogen-bond donors (Lipinski definition) is 1. The first-order valence-electron chi connectivity index (χ1n) is 9.01. The van der Waals surface area contributed by atoms with Crippen LogP contribution >= 0.6 is 23.2 Å². The van der Waals surface area contributed by atoms with Gasteiger partial charge in [0.2, 0.25) is 11.9 Å². The van der Waals surface area contributed by atoms with E-state index in [-0.39, 0.29) is 23.7 Å². The molecule has 1 atom stereocenters. The third-order valence-corrected chi connectivity index (χ3v) is 4.91. The van der Waals surface area contributed by atoms with Gasteiger partial charge in [-0.3, -0.25) is 10.1 Å². The van der Waals surface area contributed by atoms with Crippen LogP contribution in [0.4, 0.5) is 5.95 Å². The van der Waals surface area contributed by atoms with Crippen molar-refractivity contribution in [2.45, 2.75) is 26.7 Å². The van der Waals surface area contributed by atoms with E-state index in [1.54, 1.807) is 12.1 Å². The summed E-state index contributed by atoms with van der Waals surface area (Å²) in [5, 5.41) is 4.18. The number of benzene rings is 2. The molecule has 0 spiro atoms. The summed E-state index contributed by atoms with van der Waals surface area (Å²) in [7, 11) is 0. The summed E-state index contributed by atoms with van der Waals surface area (Å²) in [6.45, 7) is 5.89. The maximum atomic E-state index is 13.0. The van der Waals surface area contributed by atoms with Crippen molar-refractivity contribution in [3.63, 3.8) is 0 Å². The van der Waals surface area contributed by atoms with Crippen LogP contribution in [0.5, 0.6) is 0 Å². The highest BCUT2D eigenvalue weighted by Gasteiger charge is 2.25. The predicted octanol–water partition coefficient (Wildman–Crippen LogP) is 6.14. The number of rotatable bonds is 5. The first-order valence-corrected chi connectivity index (χ1v) is 9.77. The Labute approximate surface area is 174 Å². The van der Waals surface area contributed by atoms with E-state index < -0.39 is 0 Å². The van der Waals surface area contributed by atoms with E-state index in [2.05, 4.69) is 15.3 Å². The minimum atomic E-state index is -0.333. The van der Waals surface area contributed by atoms with Gasteiger partial charge in [0.05, 0.1) is 11.6 Å². The molecule has 0 aliphatic carbocycles. The molecule has 1 heterocycles. The minimum Gasteiger partial charge on any atom is -0.294 e. The molecule has 2 aromatic carbocycles. The van der Waals surface area contributed by atoms with Crippen LogP contribution in [0.15, 0.2) is 54.6 Å². The van der Waals surface area contributed by atoms with E-state index in [1.165, 1.54) is 0 Å². The molecule has 0 saturated carbocycles. The number of halogens is 2. The van der Waals surface area contributed by atoms with Crippen LogP contribution in [0.1, 0.15) is 31.0 Å². The zero-order valence-electron chi connectivity index (χ0n) is 15.9. The van der Waals surface area contributed by atoms with E-state index in [0.29, 0.717) is 10.0 Å². The van der Waals surface area contributed by atoms with Crippen molar-refractivity contribution in [2.24, 2.45) is 5.92 Å². The standard InChI is InChI=1S/C22H21Cl2N3O/c1-13(2)20(16-6-10-18(24)11-7-16)21(28)27-22-25-14(3)12-19(26-22)15-4-8-17(23)9-5-15/h4-13,20H,1-3H3,(H,25,26,27,28). The Hall–Kier alpha value is -2.43. The quantitative estimate of drug-likeness (QED) is 0.546. The number of carbonyl (C=O) groups excluding carboxylic acids is 1. The van der Waals surface area contributed by atoms with Gasteiger partial charge in [0.1, 0.15) is 0 Å². The number of aromatic nitrogens is 2. The summed E-state index contributed by atoms with van der Waals surface area (Å²) < 4.78 is 0. The molecular weight excluding hydrogens is 393 g/mol. The van der Waals surface area contributed by atoms with E-state index in [4.69, 9.17) is 23.2 Å². The molecule has 0 saturated heterocycles. The van der Waals surface area contributed by atoms with Gasteiger partial charge >= 0.3 is 0 Å². The molecule has 0 aliphatic heterocycles. The van der Waals surface area contributed by atoms with Crippen molar-refractivity contribution >= 4 is 35.1 Å². The maximum Gasteiger partial charge on any atom is 0.234 e. The van der Waals surface area contributed by atoms with Gasteiger partial charge in [-0.25, -0.2) is 9.97 Å². The molecule has 3 aromatic rings. The van der Waals surface area contributed by atoms with Crippen molar-refractivity contribution < 1.29 is 4.79 Å². The average molecular weight is 414 g/mol. The molecule has 3 rings (SSSR count). The molecule has 0 aliphatic rings. The fourth-order valence-corrected chi connectivity index (χ4v) is 3.34. The van der Waals surface area contributed by atoms with Gasteiger partial charge in [-0.15, -0.1) is 0 Å². The third kappa shape index (κ3) is 4.89. The number of aryl methyl sites for hydroxylation is 1. The van der Waals surface area contributed by atoms with E-state index in [9.17, 15) is 4.79 Å². The van der Waals surface area contributed by atoms with E-state index in [1.807, 2.05) is 63.2 Å². The summed E-state index contributed by atoms with van der Waals surface area (Å²) in [5.74, 6) is -0.0957. The lowest BCUT2D eigenvalue weighted by atomic mass is 9.88. The fraction of sp³-hybridized carbons (Fsp3) is 0.227. The molecule has 6 heteroatoms. The first kappa shape index (κ1) is 20.3. The van der Waals surface area contributed by atoms with E-state index >= 15 is 0 Å². The number of amides is 1. The zero-order chi connectivity index (χ0) is 20.3. The lowest BCUT2D eigenvalue weighted by Crippen LogP contribution is -2.26. The van der Waals surface area contributed by atoms with Gasteiger partial charge in [0, 0.05) is 21.3 Å². The van der Waals surface area contributed by atoms with Gasteiger partial charge in [-0.2, -0.15) is 0 Å². The molecule has 0 bridgehead atoms. The molecule has 1 amide bonds. The van der Waals surface area contributed by atoms with Gasteiger partial charge in [-0.1, -0.05) is 61.3 Å². The highest BCUT2D eigenvalue weighted by atomic mass is 35.5. The number of nitrogens with zero attached hydrogens (tertiary/aromatic N) is 2. The summed E-state index contributed by atoms with van der Waals surface area (Å²) in [6.07, 6.45) is 0. The smallest absolute Gasteiger partial charge is 0.234 e. The summed E-state index contributed by atoms with van der Waals surface area (Å²) in [5.41, 5.74) is 3.31. The Bertz CT molecular complexity index is 970. The molecule has 28 heavy (non-hydrogen) atoms. The van der Waals surface area contributed by atoms with E-state index in [0.717, 1.165) is 22.5 Å². The molecule has 0 radical (unpaired) electrons. The van der Waals surface area contributed by atoms with Crippen LogP contribution in [0.2, 0.25) is 10.0 Å². The highest BCUT2D eigenvalue weighted by Crippen LogP contribution is 2.27. The number of nitrogens with one attached hydrogen (secondary N) is 1. The van der Waals surface area contributed by atoms with Crippen LogP contribution in [0.25, 0.3) is 11.3 Å². The largest absolute Gasteiger partial charge is 0.294 e. The fourth-order valence-electron chi connectivity index (χ4n) is 3.09. The lowest BCUT2D eigenvalue weighted by molar-refractivity contribution is -0.118. The Kier molecular flexibility index (Phi) is 6.32. The minimum absolute atomic E-state index is 0.0988. The van der Waals surface area contributed by atoms with Crippen molar-refractivity contribution in [1.82, 2.24) is 9.97 Å². The Morgan fingerprint density at radius 3 is 2.07 bits per heavy atom. The first-order chi connectivity index (χ1) is 13.3. The number of carbonyl (C=O) groups is 1. The second-order valence-corrected chi connectivity index (χ2v) is 7.86. The molecule has 144 valence electrons. The van der Waals surface area contributed by atoms with Gasteiger partial charge in [0.15, 0.2) is 0 Å². The summed E-state index contributed by atoms with van der Waals surface area (Å²) in [6, 6.07) is 16.6. The van der Waals surface area contributed by atoms with Crippen LogP contribution in [-0.2, 0) is 4.79 Å². The number of hydrogen-bond acceptors (Lipinski definition) is 3. The molecule has 4 nitrogen and oxygen atoms in total. The molecule has 1 aromatic heterocycles. The van der Waals surface area contributed by atoms with Crippen LogP contribution in [0, 0.1) is 12.8 Å². The lowest BCUT2D eigenvalue weighted by Gasteiger charge is -2.20. The van der Waals surface area contributed by atoms with Gasteiger partial charge in [0.25, 0.3) is 0 Å². The second kappa shape index (κ2) is 8.72. The van der Waals surface area contributed by atoms with Crippen molar-refractivity contribution in [2.75, 3.05) is 5.32 Å². The molecule has 1 unspecified atom stereocenters. The zero-order valence-corrected chi connectivity index (χ0v) is 17.4. The Morgan fingerprint density at radius 2 is 1.50 bits per heavy atom. The molecule has 1 N–H and O–H groups in total. The van der Waals surface area contributed by atoms with Crippen molar-refractivity contribution in [3.8, 4) is 11.3 Å². The Balaban J connectivity index is 1.88. The monoisotopic (exact) mass is 413 g/mol. The SMILES string of the molecule is Cc1cc(-c2ccc(Cl)cc2)nc(NC(=O)C(c2ccc(Cl)cc2)C(C)C)n1. The van der Waals surface area contributed by atoms with Gasteiger partial charge < -0.3 is 0 Å². The topological polar surface area (TPSA) is 54.9 Å². The predicted molar refractivity (Wildman–Crippen MR) is 115 cm³/mol. The summed E-state index contributed by atoms with van der Waals surface area (Å²) >= 11 is 11.9. The third-order valence-electron chi connectivity index (χ3n) is 4.41. The summed E-state index contributed by atoms with van der Waals surface area (Å²) in [4.78, 5) is 21.9. The number of anilines is 1. The average Bonchev–Trinajstić information content (AvgIpc) is 2.63. The van der Waals surface area contributed by atoms with Gasteiger partial charge in [-0.05, 0) is 48.7 Å². The van der Waals surface area contributed by atoms with Crippen molar-refractivity contribution in [3.05, 3.63) is 75.9 Å².